The number of nitrogens with two attached hydrogens (primary N) is 1. The summed E-state index contributed by atoms with van der Waals surface area (Å²) in [4.78, 5) is 14.9. The van der Waals surface area contributed by atoms with Gasteiger partial charge >= 0.3 is 5.97 Å². The number of aryl methyl sites for hydroxylation is 1. The van der Waals surface area contributed by atoms with Gasteiger partial charge in [-0.1, -0.05) is 0 Å². The number of ether oxygens (including phenoxy) is 1. The number of anilines is 1. The van der Waals surface area contributed by atoms with Gasteiger partial charge in [-0.3, -0.25) is 0 Å². The smallest absolute Gasteiger partial charge is 0.341 e. The van der Waals surface area contributed by atoms with Crippen LogP contribution in [0.3, 0.4) is 0 Å². The van der Waals surface area contributed by atoms with Crippen LogP contribution in [0.15, 0.2) is 12.3 Å². The highest BCUT2D eigenvalue weighted by molar-refractivity contribution is 5.95. The molecule has 4 nitrogen and oxygen atoms in total. The van der Waals surface area contributed by atoms with Crippen molar-refractivity contribution in [2.45, 2.75) is 6.92 Å². The average Bonchev–Trinajstić information content (AvgIpc) is 2.03. The number of esters is 1. The Hall–Kier alpha value is -1.58. The molecular weight excluding hydrogens is 156 g/mol. The first-order chi connectivity index (χ1) is 5.66. The molecule has 4 heteroatoms. The largest absolute Gasteiger partial charge is 0.465 e. The van der Waals surface area contributed by atoms with Gasteiger partial charge in [0.15, 0.2) is 0 Å². The van der Waals surface area contributed by atoms with Gasteiger partial charge in [0, 0.05) is 6.20 Å². The molecule has 0 aliphatic carbocycles. The molecule has 0 unspecified atom stereocenters. The molecule has 1 rings (SSSR count). The number of rotatable bonds is 1. The number of nitrogen functional groups attached to an aromatic ring is 1. The molecule has 0 saturated heterocycles. The van der Waals surface area contributed by atoms with Crippen molar-refractivity contribution in [3.05, 3.63) is 23.4 Å². The molecule has 0 fully saturated rings. The Kier molecular flexibility index (Phi) is 2.28. The van der Waals surface area contributed by atoms with Crippen molar-refractivity contribution in [3.63, 3.8) is 0 Å². The van der Waals surface area contributed by atoms with Crippen molar-refractivity contribution in [3.8, 4) is 0 Å². The molecule has 0 spiro atoms. The Balaban J connectivity index is 3.21. The molecule has 0 aromatic carbocycles. The maximum absolute atomic E-state index is 11.1. The van der Waals surface area contributed by atoms with Crippen molar-refractivity contribution in [1.82, 2.24) is 4.98 Å². The van der Waals surface area contributed by atoms with Crippen LogP contribution in [0.2, 0.25) is 0 Å². The SMILES string of the molecule is COC(=O)c1c(C)ccnc1N. The van der Waals surface area contributed by atoms with E-state index in [9.17, 15) is 4.79 Å². The monoisotopic (exact) mass is 166 g/mol. The summed E-state index contributed by atoms with van der Waals surface area (Å²) in [6.45, 7) is 1.78. The Labute approximate surface area is 70.4 Å². The van der Waals surface area contributed by atoms with Crippen molar-refractivity contribution in [2.75, 3.05) is 12.8 Å². The van der Waals surface area contributed by atoms with E-state index in [2.05, 4.69) is 9.72 Å². The molecule has 0 bridgehead atoms. The third-order valence-electron chi connectivity index (χ3n) is 1.58. The number of nitrogens with zero attached hydrogens (tertiary/aromatic N) is 1. The van der Waals surface area contributed by atoms with Gasteiger partial charge in [0.25, 0.3) is 0 Å². The van der Waals surface area contributed by atoms with E-state index in [1.54, 1.807) is 19.2 Å². The maximum Gasteiger partial charge on any atom is 0.341 e. The topological polar surface area (TPSA) is 65.2 Å². The first-order valence-electron chi connectivity index (χ1n) is 3.46. The first kappa shape index (κ1) is 8.52. The zero-order valence-corrected chi connectivity index (χ0v) is 7.00. The third kappa shape index (κ3) is 1.37. The van der Waals surface area contributed by atoms with Crippen LogP contribution >= 0.6 is 0 Å². The van der Waals surface area contributed by atoms with E-state index in [4.69, 9.17) is 5.73 Å². The number of carbonyl (C=O) groups excluding carboxylic acids is 1. The van der Waals surface area contributed by atoms with Crippen molar-refractivity contribution < 1.29 is 9.53 Å². The molecular formula is C8H10N2O2. The standard InChI is InChI=1S/C8H10N2O2/c1-5-3-4-10-7(9)6(5)8(11)12-2/h3-4H,1-2H3,(H2,9,10). The lowest BCUT2D eigenvalue weighted by atomic mass is 10.1. The summed E-state index contributed by atoms with van der Waals surface area (Å²) in [5.74, 6) is -0.236. The van der Waals surface area contributed by atoms with E-state index in [1.165, 1.54) is 7.11 Å². The molecule has 0 aliphatic rings. The lowest BCUT2D eigenvalue weighted by Gasteiger charge is -2.04. The van der Waals surface area contributed by atoms with Crippen LogP contribution in [0, 0.1) is 6.92 Å². The van der Waals surface area contributed by atoms with Gasteiger partial charge in [0.2, 0.25) is 0 Å². The van der Waals surface area contributed by atoms with Gasteiger partial charge in [-0.25, -0.2) is 9.78 Å². The maximum atomic E-state index is 11.1. The summed E-state index contributed by atoms with van der Waals surface area (Å²) in [5, 5.41) is 0. The minimum atomic E-state index is -0.446. The molecule has 1 aromatic heterocycles. The third-order valence-corrected chi connectivity index (χ3v) is 1.58. The average molecular weight is 166 g/mol. The fraction of sp³-hybridized carbons (Fsp3) is 0.250. The highest BCUT2D eigenvalue weighted by atomic mass is 16.5. The van der Waals surface area contributed by atoms with E-state index < -0.39 is 5.97 Å². The number of aromatic nitrogens is 1. The molecule has 2 N–H and O–H groups in total. The molecule has 0 atom stereocenters. The summed E-state index contributed by atoms with van der Waals surface area (Å²) in [6.07, 6.45) is 1.55. The number of carbonyl (C=O) groups is 1. The minimum absolute atomic E-state index is 0.210. The Morgan fingerprint density at radius 3 is 2.83 bits per heavy atom. The van der Waals surface area contributed by atoms with Crippen molar-refractivity contribution >= 4 is 11.8 Å². The Morgan fingerprint density at radius 1 is 1.67 bits per heavy atom. The van der Waals surface area contributed by atoms with Gasteiger partial charge in [-0.15, -0.1) is 0 Å². The van der Waals surface area contributed by atoms with Gasteiger partial charge < -0.3 is 10.5 Å². The molecule has 1 aromatic rings. The van der Waals surface area contributed by atoms with E-state index in [1.807, 2.05) is 0 Å². The second kappa shape index (κ2) is 3.21. The highest BCUT2D eigenvalue weighted by Crippen LogP contribution is 2.13. The van der Waals surface area contributed by atoms with Crippen molar-refractivity contribution in [2.24, 2.45) is 0 Å². The summed E-state index contributed by atoms with van der Waals surface area (Å²) in [7, 11) is 1.31. The lowest BCUT2D eigenvalue weighted by Crippen LogP contribution is -2.09. The van der Waals surface area contributed by atoms with E-state index >= 15 is 0 Å². The molecule has 0 aliphatic heterocycles. The Bertz CT molecular complexity index is 290. The quantitative estimate of drug-likeness (QED) is 0.625. The second-order valence-electron chi connectivity index (χ2n) is 2.38. The summed E-state index contributed by atoms with van der Waals surface area (Å²) in [5.41, 5.74) is 6.61. The molecule has 0 amide bonds. The molecule has 12 heavy (non-hydrogen) atoms. The number of methoxy groups -OCH3 is 1. The van der Waals surface area contributed by atoms with Crippen LogP contribution in [0.25, 0.3) is 0 Å². The van der Waals surface area contributed by atoms with Crippen LogP contribution in [0.4, 0.5) is 5.82 Å². The molecule has 1 heterocycles. The zero-order chi connectivity index (χ0) is 9.14. The van der Waals surface area contributed by atoms with Gasteiger partial charge in [-0.05, 0) is 18.6 Å². The lowest BCUT2D eigenvalue weighted by molar-refractivity contribution is 0.0601. The molecule has 0 radical (unpaired) electrons. The summed E-state index contributed by atoms with van der Waals surface area (Å²) < 4.78 is 4.54. The molecule has 64 valence electrons. The predicted octanol–water partition coefficient (Wildman–Crippen LogP) is 0.759. The number of pyridine rings is 1. The second-order valence-corrected chi connectivity index (χ2v) is 2.38. The fourth-order valence-corrected chi connectivity index (χ4v) is 0.947. The summed E-state index contributed by atoms with van der Waals surface area (Å²) >= 11 is 0. The van der Waals surface area contributed by atoms with Crippen LogP contribution in [-0.4, -0.2) is 18.1 Å². The number of hydrogen-bond donors (Lipinski definition) is 1. The fourth-order valence-electron chi connectivity index (χ4n) is 0.947. The summed E-state index contributed by atoms with van der Waals surface area (Å²) in [6, 6.07) is 1.71. The zero-order valence-electron chi connectivity index (χ0n) is 7.00. The van der Waals surface area contributed by atoms with Gasteiger partial charge in [-0.2, -0.15) is 0 Å². The number of hydrogen-bond acceptors (Lipinski definition) is 4. The van der Waals surface area contributed by atoms with Crippen LogP contribution < -0.4 is 5.73 Å². The van der Waals surface area contributed by atoms with E-state index in [0.29, 0.717) is 5.56 Å². The van der Waals surface area contributed by atoms with Gasteiger partial charge in [0.1, 0.15) is 11.4 Å². The van der Waals surface area contributed by atoms with E-state index in [-0.39, 0.29) is 5.82 Å². The van der Waals surface area contributed by atoms with E-state index in [0.717, 1.165) is 5.56 Å². The predicted molar refractivity (Wildman–Crippen MR) is 44.7 cm³/mol. The minimum Gasteiger partial charge on any atom is -0.465 e. The van der Waals surface area contributed by atoms with Crippen molar-refractivity contribution in [1.29, 1.82) is 0 Å². The molecule has 0 saturated carbocycles. The normalized spacial score (nSPS) is 9.50. The highest BCUT2D eigenvalue weighted by Gasteiger charge is 2.12. The Morgan fingerprint density at radius 2 is 2.33 bits per heavy atom. The van der Waals surface area contributed by atoms with Crippen LogP contribution in [0.5, 0.6) is 0 Å². The van der Waals surface area contributed by atoms with Gasteiger partial charge in [0.05, 0.1) is 7.11 Å². The van der Waals surface area contributed by atoms with Crippen LogP contribution in [-0.2, 0) is 4.74 Å². The first-order valence-corrected chi connectivity index (χ1v) is 3.46. The van der Waals surface area contributed by atoms with Crippen LogP contribution in [0.1, 0.15) is 15.9 Å².